The molecule has 2 heterocycles. The van der Waals surface area contributed by atoms with Gasteiger partial charge in [-0.2, -0.15) is 18.3 Å². The number of likely N-dealkylation sites (tertiary alicyclic amines) is 1. The van der Waals surface area contributed by atoms with Gasteiger partial charge < -0.3 is 4.74 Å². The molecule has 0 bridgehead atoms. The van der Waals surface area contributed by atoms with E-state index in [-0.39, 0.29) is 24.6 Å². The van der Waals surface area contributed by atoms with Crippen LogP contribution in [0.2, 0.25) is 0 Å². The fraction of sp³-hybridized carbons (Fsp3) is 0.565. The molecular formula is C23H30F3N3O2. The summed E-state index contributed by atoms with van der Waals surface area (Å²) in [5.74, 6) is -0.403. The summed E-state index contributed by atoms with van der Waals surface area (Å²) in [5.41, 5.74) is -0.396. The van der Waals surface area contributed by atoms with E-state index in [0.29, 0.717) is 32.5 Å². The van der Waals surface area contributed by atoms with E-state index in [2.05, 4.69) is 23.8 Å². The van der Waals surface area contributed by atoms with Crippen molar-refractivity contribution >= 4 is 5.97 Å². The van der Waals surface area contributed by atoms with Gasteiger partial charge in [0.15, 0.2) is 0 Å². The maximum atomic E-state index is 13.5. The number of nitrogens with zero attached hydrogens (tertiary/aromatic N) is 3. The zero-order valence-corrected chi connectivity index (χ0v) is 18.3. The Kier molecular flexibility index (Phi) is 7.09. The monoisotopic (exact) mass is 437 g/mol. The Bertz CT molecular complexity index is 884. The Morgan fingerprint density at radius 2 is 1.90 bits per heavy atom. The smallest absolute Gasteiger partial charge is 0.416 e. The van der Waals surface area contributed by atoms with Crippen molar-refractivity contribution in [1.29, 1.82) is 0 Å². The van der Waals surface area contributed by atoms with Gasteiger partial charge in [0.05, 0.1) is 23.8 Å². The lowest BCUT2D eigenvalue weighted by molar-refractivity contribution is -0.159. The lowest BCUT2D eigenvalue weighted by Gasteiger charge is -2.40. The third-order valence-corrected chi connectivity index (χ3v) is 5.96. The predicted molar refractivity (Wildman–Crippen MR) is 111 cm³/mol. The third kappa shape index (κ3) is 5.47. The van der Waals surface area contributed by atoms with Crippen molar-refractivity contribution in [3.63, 3.8) is 0 Å². The molecular weight excluding hydrogens is 407 g/mol. The fourth-order valence-corrected chi connectivity index (χ4v) is 4.19. The Hall–Kier alpha value is -2.35. The van der Waals surface area contributed by atoms with E-state index in [9.17, 15) is 18.0 Å². The molecule has 0 saturated carbocycles. The first-order valence-corrected chi connectivity index (χ1v) is 10.7. The highest BCUT2D eigenvalue weighted by Gasteiger charge is 2.44. The van der Waals surface area contributed by atoms with Crippen LogP contribution >= 0.6 is 0 Å². The quantitative estimate of drug-likeness (QED) is 0.580. The first-order chi connectivity index (χ1) is 14.6. The number of hydrogen-bond donors (Lipinski definition) is 0. The van der Waals surface area contributed by atoms with Gasteiger partial charge in [0.1, 0.15) is 0 Å². The summed E-state index contributed by atoms with van der Waals surface area (Å²) in [4.78, 5) is 15.1. The van der Waals surface area contributed by atoms with Crippen LogP contribution < -0.4 is 0 Å². The van der Waals surface area contributed by atoms with Crippen LogP contribution in [0.1, 0.15) is 56.3 Å². The van der Waals surface area contributed by atoms with Crippen LogP contribution in [-0.2, 0) is 28.7 Å². The van der Waals surface area contributed by atoms with Crippen molar-refractivity contribution in [3.05, 3.63) is 53.3 Å². The SMILES string of the molecule is CCOC(=O)C1(Cc2ccccc2C(F)(F)F)CCN(Cc2cnn(C(C)C)c2)CC1. The first-order valence-electron chi connectivity index (χ1n) is 10.7. The largest absolute Gasteiger partial charge is 0.466 e. The number of alkyl halides is 3. The fourth-order valence-electron chi connectivity index (χ4n) is 4.19. The molecule has 0 N–H and O–H groups in total. The van der Waals surface area contributed by atoms with Crippen LogP contribution in [0.25, 0.3) is 0 Å². The van der Waals surface area contributed by atoms with E-state index in [4.69, 9.17) is 4.74 Å². The molecule has 3 rings (SSSR count). The van der Waals surface area contributed by atoms with Crippen molar-refractivity contribution in [2.45, 2.75) is 58.8 Å². The van der Waals surface area contributed by atoms with E-state index in [1.807, 2.05) is 17.1 Å². The van der Waals surface area contributed by atoms with Crippen LogP contribution in [0.15, 0.2) is 36.7 Å². The standard InChI is InChI=1S/C23H30F3N3O2/c1-4-31-21(30)22(13-19-7-5-6-8-20(19)23(24,25)26)9-11-28(12-10-22)15-18-14-27-29(16-18)17(2)3/h5-8,14,16-17H,4,9-13,15H2,1-3H3. The summed E-state index contributed by atoms with van der Waals surface area (Å²) < 4.78 is 47.7. The minimum absolute atomic E-state index is 0.0284. The summed E-state index contributed by atoms with van der Waals surface area (Å²) in [7, 11) is 0. The van der Waals surface area contributed by atoms with Crippen LogP contribution in [0.5, 0.6) is 0 Å². The average molecular weight is 438 g/mol. The number of halogens is 3. The molecule has 1 aromatic carbocycles. The second kappa shape index (κ2) is 9.42. The summed E-state index contributed by atoms with van der Waals surface area (Å²) in [6.07, 6.45) is 0.335. The Morgan fingerprint density at radius 1 is 1.23 bits per heavy atom. The second-order valence-electron chi connectivity index (χ2n) is 8.53. The summed E-state index contributed by atoms with van der Waals surface area (Å²) in [6.45, 7) is 7.97. The number of rotatable bonds is 7. The van der Waals surface area contributed by atoms with E-state index in [0.717, 1.165) is 11.6 Å². The third-order valence-electron chi connectivity index (χ3n) is 5.96. The van der Waals surface area contributed by atoms with Crippen molar-refractivity contribution < 1.29 is 22.7 Å². The molecule has 2 aromatic rings. The highest BCUT2D eigenvalue weighted by Crippen LogP contribution is 2.40. The number of carbonyl (C=O) groups is 1. The number of esters is 1. The van der Waals surface area contributed by atoms with Gasteiger partial charge in [-0.25, -0.2) is 0 Å². The van der Waals surface area contributed by atoms with Gasteiger partial charge in [-0.15, -0.1) is 0 Å². The zero-order valence-electron chi connectivity index (χ0n) is 18.3. The number of ether oxygens (including phenoxy) is 1. The van der Waals surface area contributed by atoms with Crippen molar-refractivity contribution in [2.75, 3.05) is 19.7 Å². The number of aromatic nitrogens is 2. The molecule has 0 amide bonds. The van der Waals surface area contributed by atoms with Gasteiger partial charge in [0.25, 0.3) is 0 Å². The summed E-state index contributed by atoms with van der Waals surface area (Å²) >= 11 is 0. The zero-order chi connectivity index (χ0) is 22.6. The average Bonchev–Trinajstić information content (AvgIpc) is 3.18. The second-order valence-corrected chi connectivity index (χ2v) is 8.53. The molecule has 31 heavy (non-hydrogen) atoms. The molecule has 1 aliphatic heterocycles. The van der Waals surface area contributed by atoms with E-state index < -0.39 is 23.1 Å². The molecule has 5 nitrogen and oxygen atoms in total. The van der Waals surface area contributed by atoms with Crippen LogP contribution in [0.3, 0.4) is 0 Å². The number of benzene rings is 1. The predicted octanol–water partition coefficient (Wildman–Crippen LogP) is 4.87. The van der Waals surface area contributed by atoms with Crippen LogP contribution in [-0.4, -0.2) is 40.3 Å². The molecule has 1 saturated heterocycles. The van der Waals surface area contributed by atoms with Crippen molar-refractivity contribution in [2.24, 2.45) is 5.41 Å². The summed E-state index contributed by atoms with van der Waals surface area (Å²) in [6, 6.07) is 5.79. The summed E-state index contributed by atoms with van der Waals surface area (Å²) in [5, 5.41) is 4.36. The topological polar surface area (TPSA) is 47.4 Å². The maximum Gasteiger partial charge on any atom is 0.416 e. The van der Waals surface area contributed by atoms with Gasteiger partial charge in [0, 0.05) is 24.3 Å². The van der Waals surface area contributed by atoms with Gasteiger partial charge in [-0.3, -0.25) is 14.4 Å². The van der Waals surface area contributed by atoms with Crippen LogP contribution in [0.4, 0.5) is 13.2 Å². The molecule has 0 aliphatic carbocycles. The Morgan fingerprint density at radius 3 is 2.48 bits per heavy atom. The first kappa shape index (κ1) is 23.3. The van der Waals surface area contributed by atoms with Gasteiger partial charge >= 0.3 is 12.1 Å². The normalized spacial score (nSPS) is 17.1. The number of hydrogen-bond acceptors (Lipinski definition) is 4. The lowest BCUT2D eigenvalue weighted by Crippen LogP contribution is -2.46. The lowest BCUT2D eigenvalue weighted by atomic mass is 9.73. The van der Waals surface area contributed by atoms with Crippen molar-refractivity contribution in [1.82, 2.24) is 14.7 Å². The van der Waals surface area contributed by atoms with Crippen LogP contribution in [0, 0.1) is 5.41 Å². The number of piperidine rings is 1. The Balaban J connectivity index is 1.76. The highest BCUT2D eigenvalue weighted by molar-refractivity contribution is 5.77. The Labute approximate surface area is 181 Å². The minimum Gasteiger partial charge on any atom is -0.466 e. The highest BCUT2D eigenvalue weighted by atomic mass is 19.4. The molecule has 0 unspecified atom stereocenters. The molecule has 170 valence electrons. The maximum absolute atomic E-state index is 13.5. The molecule has 1 aliphatic rings. The molecule has 0 spiro atoms. The molecule has 0 radical (unpaired) electrons. The minimum atomic E-state index is -4.45. The van der Waals surface area contributed by atoms with Gasteiger partial charge in [-0.1, -0.05) is 18.2 Å². The van der Waals surface area contributed by atoms with E-state index in [1.54, 1.807) is 13.0 Å². The van der Waals surface area contributed by atoms with E-state index >= 15 is 0 Å². The van der Waals surface area contributed by atoms with Gasteiger partial charge in [-0.05, 0) is 64.8 Å². The van der Waals surface area contributed by atoms with Gasteiger partial charge in [0.2, 0.25) is 0 Å². The van der Waals surface area contributed by atoms with E-state index in [1.165, 1.54) is 12.1 Å². The molecule has 8 heteroatoms. The molecule has 1 aromatic heterocycles. The van der Waals surface area contributed by atoms with Crippen molar-refractivity contribution in [3.8, 4) is 0 Å². The molecule has 1 fully saturated rings. The number of carbonyl (C=O) groups excluding carboxylic acids is 1. The molecule has 0 atom stereocenters.